The predicted octanol–water partition coefficient (Wildman–Crippen LogP) is 4.29. The van der Waals surface area contributed by atoms with E-state index in [1.54, 1.807) is 12.1 Å². The number of nitrogens with zero attached hydrogens (tertiary/aromatic N) is 2. The van der Waals surface area contributed by atoms with E-state index in [4.69, 9.17) is 0 Å². The third kappa shape index (κ3) is 4.05. The number of halogens is 2. The summed E-state index contributed by atoms with van der Waals surface area (Å²) in [6, 6.07) is 19.4. The molecule has 1 atom stereocenters. The average Bonchev–Trinajstić information content (AvgIpc) is 3.13. The second kappa shape index (κ2) is 8.43. The first-order valence-corrected chi connectivity index (χ1v) is 10.5. The molecule has 0 saturated carbocycles. The molecule has 1 unspecified atom stereocenters. The number of phenols is 1. The van der Waals surface area contributed by atoms with Gasteiger partial charge < -0.3 is 5.11 Å². The standard InChI is InChI=1S/C26H19F2N3O2/c27-18-11-9-17(10-12-18)14-21-26(33)31-15-22(19-7-4-8-23(32)24(19)28)29-20(25(31)30-21)13-16-5-2-1-3-6-16/h1-12,15,21,32H,13-14H2/p+1. The summed E-state index contributed by atoms with van der Waals surface area (Å²) in [5.74, 6) is -1.29. The topological polar surface area (TPSA) is 66.1 Å². The van der Waals surface area contributed by atoms with E-state index >= 15 is 0 Å². The number of hydrogen-bond acceptors (Lipinski definition) is 4. The number of phenolic OH excluding ortho intramolecular Hbond substituents is 1. The fraction of sp³-hybridized carbons (Fsp3) is 0.115. The van der Waals surface area contributed by atoms with E-state index < -0.39 is 17.6 Å². The minimum atomic E-state index is -0.794. The summed E-state index contributed by atoms with van der Waals surface area (Å²) >= 11 is 0. The second-order valence-electron chi connectivity index (χ2n) is 7.96. The van der Waals surface area contributed by atoms with Gasteiger partial charge in [0.05, 0.1) is 0 Å². The van der Waals surface area contributed by atoms with Crippen LogP contribution in [0.4, 0.5) is 14.6 Å². The first kappa shape index (κ1) is 20.8. The molecule has 2 N–H and O–H groups in total. The second-order valence-corrected chi connectivity index (χ2v) is 7.96. The molecule has 5 rings (SSSR count). The Morgan fingerprint density at radius 2 is 1.70 bits per heavy atom. The van der Waals surface area contributed by atoms with Gasteiger partial charge in [-0.1, -0.05) is 48.5 Å². The Morgan fingerprint density at radius 3 is 2.45 bits per heavy atom. The Bertz CT molecular complexity index is 1340. The van der Waals surface area contributed by atoms with Gasteiger partial charge in [-0.15, -0.1) is 0 Å². The molecule has 164 valence electrons. The van der Waals surface area contributed by atoms with Crippen molar-refractivity contribution in [3.8, 4) is 17.0 Å². The summed E-state index contributed by atoms with van der Waals surface area (Å²) < 4.78 is 29.4. The van der Waals surface area contributed by atoms with Crippen molar-refractivity contribution in [3.05, 3.63) is 107 Å². The Labute approximate surface area is 189 Å². The largest absolute Gasteiger partial charge is 0.505 e. The highest BCUT2D eigenvalue weighted by atomic mass is 19.1. The molecule has 2 heterocycles. The molecule has 0 fully saturated rings. The van der Waals surface area contributed by atoms with Crippen molar-refractivity contribution >= 4 is 11.7 Å². The molecule has 1 aromatic heterocycles. The van der Waals surface area contributed by atoms with Gasteiger partial charge in [-0.3, -0.25) is 5.32 Å². The van der Waals surface area contributed by atoms with Gasteiger partial charge in [-0.25, -0.2) is 18.6 Å². The van der Waals surface area contributed by atoms with E-state index in [0.29, 0.717) is 24.4 Å². The number of carbonyl (C=O) groups excluding carboxylic acids is 1. The molecule has 7 heteroatoms. The summed E-state index contributed by atoms with van der Waals surface area (Å²) in [5.41, 5.74) is 2.73. The zero-order valence-corrected chi connectivity index (χ0v) is 17.5. The lowest BCUT2D eigenvalue weighted by Crippen LogP contribution is -2.44. The molecule has 1 aliphatic heterocycles. The van der Waals surface area contributed by atoms with Crippen molar-refractivity contribution in [1.29, 1.82) is 0 Å². The molecular weight excluding hydrogens is 424 g/mol. The lowest BCUT2D eigenvalue weighted by atomic mass is 10.1. The highest BCUT2D eigenvalue weighted by Gasteiger charge is 2.41. The zero-order chi connectivity index (χ0) is 22.9. The van der Waals surface area contributed by atoms with Gasteiger partial charge in [-0.05, 0) is 35.4 Å². The van der Waals surface area contributed by atoms with Gasteiger partial charge in [0.1, 0.15) is 23.4 Å². The van der Waals surface area contributed by atoms with Crippen molar-refractivity contribution in [2.75, 3.05) is 5.32 Å². The summed E-state index contributed by atoms with van der Waals surface area (Å²) in [6.07, 6.45) is 2.27. The average molecular weight is 444 g/mol. The molecule has 1 aliphatic rings. The van der Waals surface area contributed by atoms with Crippen LogP contribution in [0.15, 0.2) is 79.0 Å². The zero-order valence-electron chi connectivity index (χ0n) is 17.5. The molecule has 5 nitrogen and oxygen atoms in total. The SMILES string of the molecule is O=C1C(Cc2ccc(F)cc2)Nc2c(Cc3ccccc3)nc(-c3cccc(O)c3F)c[n+]21. The number of aromatic nitrogens is 2. The van der Waals surface area contributed by atoms with Gasteiger partial charge in [0.2, 0.25) is 0 Å². The Hall–Kier alpha value is -4.13. The van der Waals surface area contributed by atoms with Crippen LogP contribution in [0.25, 0.3) is 11.3 Å². The number of benzene rings is 3. The van der Waals surface area contributed by atoms with Crippen molar-refractivity contribution in [3.63, 3.8) is 0 Å². The molecule has 3 aromatic carbocycles. The Kier molecular flexibility index (Phi) is 5.30. The monoisotopic (exact) mass is 444 g/mol. The lowest BCUT2D eigenvalue weighted by Gasteiger charge is -2.08. The molecule has 33 heavy (non-hydrogen) atoms. The van der Waals surface area contributed by atoms with Gasteiger partial charge in [0.15, 0.2) is 17.6 Å². The van der Waals surface area contributed by atoms with Crippen LogP contribution in [-0.4, -0.2) is 22.0 Å². The van der Waals surface area contributed by atoms with E-state index in [1.165, 1.54) is 41.1 Å². The predicted molar refractivity (Wildman–Crippen MR) is 119 cm³/mol. The van der Waals surface area contributed by atoms with Crippen LogP contribution >= 0.6 is 0 Å². The van der Waals surface area contributed by atoms with E-state index in [-0.39, 0.29) is 23.0 Å². The van der Waals surface area contributed by atoms with E-state index in [1.807, 2.05) is 30.3 Å². The normalized spacial score (nSPS) is 14.7. The van der Waals surface area contributed by atoms with E-state index in [2.05, 4.69) is 10.3 Å². The van der Waals surface area contributed by atoms with E-state index in [9.17, 15) is 18.7 Å². The summed E-state index contributed by atoms with van der Waals surface area (Å²) in [5, 5.41) is 13.1. The quantitative estimate of drug-likeness (QED) is 0.451. The maximum atomic E-state index is 14.7. The minimum absolute atomic E-state index is 0.106. The molecule has 0 amide bonds. The number of fused-ring (bicyclic) bond motifs is 1. The van der Waals surface area contributed by atoms with Crippen LogP contribution in [0.2, 0.25) is 0 Å². The molecular formula is C26H20F2N3O2+. The lowest BCUT2D eigenvalue weighted by molar-refractivity contribution is -0.552. The van der Waals surface area contributed by atoms with E-state index in [0.717, 1.165) is 11.1 Å². The first-order chi connectivity index (χ1) is 16.0. The van der Waals surface area contributed by atoms with Crippen molar-refractivity contribution in [2.24, 2.45) is 0 Å². The fourth-order valence-electron chi connectivity index (χ4n) is 4.03. The highest BCUT2D eigenvalue weighted by molar-refractivity contribution is 5.83. The van der Waals surface area contributed by atoms with Gasteiger partial charge in [0.25, 0.3) is 0 Å². The maximum absolute atomic E-state index is 14.7. The molecule has 0 bridgehead atoms. The third-order valence-corrected chi connectivity index (χ3v) is 5.69. The van der Waals surface area contributed by atoms with Crippen LogP contribution in [0.5, 0.6) is 5.75 Å². The summed E-state index contributed by atoms with van der Waals surface area (Å²) in [4.78, 5) is 17.9. The Balaban J connectivity index is 1.57. The molecule has 4 aromatic rings. The van der Waals surface area contributed by atoms with Crippen molar-refractivity contribution in [1.82, 2.24) is 4.98 Å². The third-order valence-electron chi connectivity index (χ3n) is 5.69. The number of anilines is 1. The molecule has 0 spiro atoms. The molecule has 0 saturated heterocycles. The number of nitrogens with one attached hydrogen (secondary N) is 1. The number of rotatable bonds is 5. The number of hydrogen-bond donors (Lipinski definition) is 2. The summed E-state index contributed by atoms with van der Waals surface area (Å²) in [7, 11) is 0. The van der Waals surface area contributed by atoms with Crippen LogP contribution in [0, 0.1) is 11.6 Å². The first-order valence-electron chi connectivity index (χ1n) is 10.5. The minimum Gasteiger partial charge on any atom is -0.505 e. The highest BCUT2D eigenvalue weighted by Crippen LogP contribution is 2.29. The summed E-state index contributed by atoms with van der Waals surface area (Å²) in [6.45, 7) is 0. The maximum Gasteiger partial charge on any atom is 0.359 e. The molecule has 0 radical (unpaired) electrons. The van der Waals surface area contributed by atoms with Crippen molar-refractivity contribution in [2.45, 2.75) is 18.9 Å². The molecule has 0 aliphatic carbocycles. The van der Waals surface area contributed by atoms with Crippen LogP contribution < -0.4 is 9.88 Å². The number of aromatic hydroxyl groups is 1. The Morgan fingerprint density at radius 1 is 0.939 bits per heavy atom. The van der Waals surface area contributed by atoms with Crippen LogP contribution in [0.1, 0.15) is 21.6 Å². The fourth-order valence-corrected chi connectivity index (χ4v) is 4.03. The van der Waals surface area contributed by atoms with Crippen LogP contribution in [0.3, 0.4) is 0 Å². The van der Waals surface area contributed by atoms with Gasteiger partial charge >= 0.3 is 11.7 Å². The van der Waals surface area contributed by atoms with Gasteiger partial charge in [0, 0.05) is 18.4 Å². The van der Waals surface area contributed by atoms with Gasteiger partial charge in [-0.2, -0.15) is 4.57 Å². The smallest absolute Gasteiger partial charge is 0.359 e. The van der Waals surface area contributed by atoms with Crippen molar-refractivity contribution < 1.29 is 23.2 Å². The van der Waals surface area contributed by atoms with Crippen LogP contribution in [-0.2, 0) is 12.8 Å². The number of carbonyl (C=O) groups is 1.